The molecule has 4 rings (SSSR count). The van der Waals surface area contributed by atoms with Crippen molar-refractivity contribution in [1.82, 2.24) is 14.5 Å². The number of nitrogens with zero attached hydrogens (tertiary/aromatic N) is 2. The molecule has 0 saturated heterocycles. The van der Waals surface area contributed by atoms with Gasteiger partial charge in [-0.05, 0) is 30.7 Å². The van der Waals surface area contributed by atoms with Gasteiger partial charge in [0.2, 0.25) is 0 Å². The number of hydrogen-bond acceptors (Lipinski definition) is 4. The molecule has 0 aliphatic carbocycles. The van der Waals surface area contributed by atoms with Crippen LogP contribution in [0.2, 0.25) is 5.02 Å². The second-order valence-corrected chi connectivity index (χ2v) is 7.01. The van der Waals surface area contributed by atoms with Crippen LogP contribution in [0.4, 0.5) is 5.82 Å². The molecule has 6 nitrogen and oxygen atoms in total. The maximum atomic E-state index is 12.5. The van der Waals surface area contributed by atoms with Crippen LogP contribution in [-0.4, -0.2) is 21.1 Å². The van der Waals surface area contributed by atoms with E-state index in [2.05, 4.69) is 34.3 Å². The van der Waals surface area contributed by atoms with Crippen LogP contribution in [0.3, 0.4) is 0 Å². The molecule has 3 aromatic rings. The fraction of sp³-hybridized carbons (Fsp3) is 0.200. The van der Waals surface area contributed by atoms with E-state index in [9.17, 15) is 9.59 Å². The van der Waals surface area contributed by atoms with Gasteiger partial charge < -0.3 is 5.32 Å². The van der Waals surface area contributed by atoms with Gasteiger partial charge in [0.1, 0.15) is 5.82 Å². The molecule has 2 aromatic carbocycles. The van der Waals surface area contributed by atoms with Crippen molar-refractivity contribution >= 4 is 17.4 Å². The number of aromatic amines is 1. The Morgan fingerprint density at radius 2 is 1.85 bits per heavy atom. The summed E-state index contributed by atoms with van der Waals surface area (Å²) in [5.74, 6) is 0.516. The van der Waals surface area contributed by atoms with Gasteiger partial charge in [-0.15, -0.1) is 0 Å². The molecular weight excluding hydrogens is 364 g/mol. The molecule has 1 aliphatic rings. The smallest absolute Gasteiger partial charge is 0.334 e. The monoisotopic (exact) mass is 382 g/mol. The van der Waals surface area contributed by atoms with Gasteiger partial charge in [-0.1, -0.05) is 48.0 Å². The minimum Gasteiger partial charge on any atom is -0.358 e. The number of benzene rings is 2. The zero-order valence-electron chi connectivity index (χ0n) is 14.8. The van der Waals surface area contributed by atoms with Crippen molar-refractivity contribution in [3.8, 4) is 5.69 Å². The number of H-pyrrole nitrogens is 1. The first kappa shape index (κ1) is 17.6. The summed E-state index contributed by atoms with van der Waals surface area (Å²) in [7, 11) is 0. The maximum Gasteiger partial charge on any atom is 0.334 e. The highest BCUT2D eigenvalue weighted by Crippen LogP contribution is 2.28. The van der Waals surface area contributed by atoms with Crippen molar-refractivity contribution < 1.29 is 0 Å². The van der Waals surface area contributed by atoms with E-state index in [0.717, 1.165) is 0 Å². The van der Waals surface area contributed by atoms with E-state index in [-0.39, 0.29) is 11.6 Å². The van der Waals surface area contributed by atoms with Crippen LogP contribution >= 0.6 is 11.6 Å². The van der Waals surface area contributed by atoms with E-state index in [4.69, 9.17) is 11.6 Å². The predicted molar refractivity (Wildman–Crippen MR) is 107 cm³/mol. The minimum atomic E-state index is -0.488. The number of nitrogens with one attached hydrogen (secondary N) is 2. The van der Waals surface area contributed by atoms with Crippen molar-refractivity contribution in [3.05, 3.63) is 91.6 Å². The van der Waals surface area contributed by atoms with Crippen LogP contribution in [0.15, 0.2) is 64.2 Å². The number of hydrogen-bond donors (Lipinski definition) is 2. The molecule has 0 bridgehead atoms. The van der Waals surface area contributed by atoms with Gasteiger partial charge in [0.05, 0.1) is 17.9 Å². The highest BCUT2D eigenvalue weighted by Gasteiger charge is 2.26. The second kappa shape index (κ2) is 7.06. The Morgan fingerprint density at radius 1 is 1.07 bits per heavy atom. The molecule has 2 N–H and O–H groups in total. The first-order valence-corrected chi connectivity index (χ1v) is 9.09. The Morgan fingerprint density at radius 3 is 2.59 bits per heavy atom. The van der Waals surface area contributed by atoms with Crippen LogP contribution in [-0.2, 0) is 6.54 Å². The van der Waals surface area contributed by atoms with Crippen LogP contribution in [0.1, 0.15) is 24.1 Å². The van der Waals surface area contributed by atoms with Gasteiger partial charge in [-0.3, -0.25) is 14.7 Å². The van der Waals surface area contributed by atoms with Crippen molar-refractivity contribution in [2.75, 3.05) is 12.0 Å². The highest BCUT2D eigenvalue weighted by atomic mass is 35.5. The van der Waals surface area contributed by atoms with Gasteiger partial charge in [0.25, 0.3) is 5.56 Å². The number of fused-ring (bicyclic) bond motifs is 1. The van der Waals surface area contributed by atoms with Crippen LogP contribution in [0.25, 0.3) is 5.69 Å². The van der Waals surface area contributed by atoms with E-state index in [1.807, 2.05) is 18.2 Å². The third-order valence-electron chi connectivity index (χ3n) is 4.91. The van der Waals surface area contributed by atoms with Crippen LogP contribution < -0.4 is 16.6 Å². The molecule has 7 heteroatoms. The van der Waals surface area contributed by atoms with E-state index in [1.165, 1.54) is 10.1 Å². The quantitative estimate of drug-likeness (QED) is 0.730. The first-order chi connectivity index (χ1) is 13.0. The molecule has 0 spiro atoms. The lowest BCUT2D eigenvalue weighted by Crippen LogP contribution is -2.43. The van der Waals surface area contributed by atoms with E-state index >= 15 is 0 Å². The van der Waals surface area contributed by atoms with Crippen molar-refractivity contribution in [2.45, 2.75) is 19.5 Å². The zero-order valence-corrected chi connectivity index (χ0v) is 15.5. The van der Waals surface area contributed by atoms with Crippen molar-refractivity contribution in [1.29, 1.82) is 0 Å². The molecule has 0 fully saturated rings. The molecule has 27 heavy (non-hydrogen) atoms. The van der Waals surface area contributed by atoms with Gasteiger partial charge in [-0.2, -0.15) is 0 Å². The molecule has 2 heterocycles. The van der Waals surface area contributed by atoms with Crippen molar-refractivity contribution in [3.63, 3.8) is 0 Å². The summed E-state index contributed by atoms with van der Waals surface area (Å²) in [4.78, 5) is 29.5. The highest BCUT2D eigenvalue weighted by molar-refractivity contribution is 6.30. The van der Waals surface area contributed by atoms with Crippen LogP contribution in [0.5, 0.6) is 0 Å². The fourth-order valence-electron chi connectivity index (χ4n) is 3.42. The normalized spacial score (nSPS) is 15.0. The Labute approximate surface area is 161 Å². The number of anilines is 1. The topological polar surface area (TPSA) is 70.1 Å². The summed E-state index contributed by atoms with van der Waals surface area (Å²) in [6.45, 7) is 3.06. The summed E-state index contributed by atoms with van der Waals surface area (Å²) in [6.07, 6.45) is 0. The first-order valence-electron chi connectivity index (χ1n) is 8.71. The Bertz CT molecular complexity index is 1090. The molecule has 0 amide bonds. The lowest BCUT2D eigenvalue weighted by Gasteiger charge is -2.35. The molecule has 0 saturated carbocycles. The second-order valence-electron chi connectivity index (χ2n) is 6.57. The zero-order chi connectivity index (χ0) is 19.0. The van der Waals surface area contributed by atoms with Gasteiger partial charge in [-0.25, -0.2) is 9.36 Å². The number of aromatic nitrogens is 2. The average Bonchev–Trinajstić information content (AvgIpc) is 2.68. The molecule has 0 radical (unpaired) electrons. The van der Waals surface area contributed by atoms with E-state index in [1.54, 1.807) is 24.3 Å². The Hall–Kier alpha value is -2.83. The molecule has 1 atom stereocenters. The summed E-state index contributed by atoms with van der Waals surface area (Å²) in [5, 5.41) is 3.78. The third kappa shape index (κ3) is 3.29. The Balaban J connectivity index is 1.76. The van der Waals surface area contributed by atoms with E-state index in [0.29, 0.717) is 35.3 Å². The fourth-order valence-corrected chi connectivity index (χ4v) is 3.60. The average molecular weight is 383 g/mol. The third-order valence-corrected chi connectivity index (χ3v) is 5.15. The minimum absolute atomic E-state index is 0.123. The molecule has 1 aliphatic heterocycles. The Kier molecular flexibility index (Phi) is 4.59. The van der Waals surface area contributed by atoms with Crippen LogP contribution in [0, 0.1) is 0 Å². The van der Waals surface area contributed by atoms with Gasteiger partial charge in [0.15, 0.2) is 0 Å². The number of halogens is 1. The summed E-state index contributed by atoms with van der Waals surface area (Å²) in [5.41, 5.74) is 1.45. The molecule has 1 unspecified atom stereocenters. The standard InChI is InChI=1S/C20H19ClN4O2/c1-13(14-6-3-2-4-7-14)24-11-17-18(22-12-24)25(20(27)23-19(17)26)16-9-5-8-15(21)10-16/h2-10,13,22H,11-12H2,1H3,(H,23,26,27). The molecule has 1 aromatic heterocycles. The van der Waals surface area contributed by atoms with E-state index < -0.39 is 5.69 Å². The predicted octanol–water partition coefficient (Wildman–Crippen LogP) is 3.13. The maximum absolute atomic E-state index is 12.5. The molecular formula is C20H19ClN4O2. The number of rotatable bonds is 3. The van der Waals surface area contributed by atoms with Crippen molar-refractivity contribution in [2.24, 2.45) is 0 Å². The largest absolute Gasteiger partial charge is 0.358 e. The lowest BCUT2D eigenvalue weighted by atomic mass is 10.1. The van der Waals surface area contributed by atoms with Gasteiger partial charge in [0, 0.05) is 17.6 Å². The SMILES string of the molecule is CC(c1ccccc1)N1CNc2c(c(=O)[nH]c(=O)n2-c2cccc(Cl)c2)C1. The molecule has 138 valence electrons. The van der Waals surface area contributed by atoms with Gasteiger partial charge >= 0.3 is 5.69 Å². The summed E-state index contributed by atoms with van der Waals surface area (Å²) in [6, 6.07) is 17.2. The summed E-state index contributed by atoms with van der Waals surface area (Å²) >= 11 is 6.08. The lowest BCUT2D eigenvalue weighted by molar-refractivity contribution is 0.207. The summed E-state index contributed by atoms with van der Waals surface area (Å²) < 4.78 is 1.47.